The normalized spacial score (nSPS) is 14.2. The van der Waals surface area contributed by atoms with Crippen LogP contribution in [-0.4, -0.2) is 16.5 Å². The van der Waals surface area contributed by atoms with Gasteiger partial charge in [0.05, 0.1) is 5.69 Å². The highest BCUT2D eigenvalue weighted by atomic mass is 35.5. The van der Waals surface area contributed by atoms with E-state index in [4.69, 9.17) is 21.6 Å². The van der Waals surface area contributed by atoms with Crippen LogP contribution < -0.4 is 5.32 Å². The molecule has 0 radical (unpaired) electrons. The number of rotatable bonds is 2. The second-order valence-corrected chi connectivity index (χ2v) is 5.14. The Labute approximate surface area is 118 Å². The van der Waals surface area contributed by atoms with E-state index in [0.717, 1.165) is 48.0 Å². The van der Waals surface area contributed by atoms with Crippen LogP contribution in [0.15, 0.2) is 24.3 Å². The van der Waals surface area contributed by atoms with Crippen molar-refractivity contribution < 1.29 is 0 Å². The Morgan fingerprint density at radius 3 is 2.74 bits per heavy atom. The lowest BCUT2D eigenvalue weighted by molar-refractivity contribution is 0.617. The van der Waals surface area contributed by atoms with Crippen LogP contribution in [0.3, 0.4) is 0 Å². The van der Waals surface area contributed by atoms with Crippen LogP contribution >= 0.6 is 11.6 Å². The molecule has 0 aliphatic carbocycles. The van der Waals surface area contributed by atoms with Gasteiger partial charge in [-0.1, -0.05) is 18.5 Å². The van der Waals surface area contributed by atoms with Gasteiger partial charge in [-0.15, -0.1) is 0 Å². The van der Waals surface area contributed by atoms with Crippen LogP contribution in [0.2, 0.25) is 5.02 Å². The van der Waals surface area contributed by atoms with Gasteiger partial charge in [0.25, 0.3) is 0 Å². The molecule has 0 spiro atoms. The minimum absolute atomic E-state index is 0.735. The van der Waals surface area contributed by atoms with Crippen LogP contribution in [0, 0.1) is 0 Å². The van der Waals surface area contributed by atoms with Crippen LogP contribution in [0.4, 0.5) is 0 Å². The molecule has 0 amide bonds. The second kappa shape index (κ2) is 5.27. The molecule has 3 nitrogen and oxygen atoms in total. The summed E-state index contributed by atoms with van der Waals surface area (Å²) in [5.41, 5.74) is 4.67. The van der Waals surface area contributed by atoms with E-state index >= 15 is 0 Å². The fourth-order valence-electron chi connectivity index (χ4n) is 2.46. The van der Waals surface area contributed by atoms with E-state index in [1.165, 1.54) is 11.3 Å². The minimum Gasteiger partial charge on any atom is -0.311 e. The summed E-state index contributed by atoms with van der Waals surface area (Å²) in [7, 11) is 0. The van der Waals surface area contributed by atoms with Crippen LogP contribution in [0.5, 0.6) is 0 Å². The highest BCUT2D eigenvalue weighted by molar-refractivity contribution is 6.30. The Balaban J connectivity index is 2.09. The molecule has 1 aromatic carbocycles. The standard InChI is InChI=1S/C15H16ClN3/c1-2-13-12-7-8-17-9-14(12)19-15(18-13)10-3-5-11(16)6-4-10/h3-6,17H,2,7-9H2,1H3. The van der Waals surface area contributed by atoms with Crippen molar-refractivity contribution >= 4 is 11.6 Å². The van der Waals surface area contributed by atoms with Crippen LogP contribution in [0.25, 0.3) is 11.4 Å². The zero-order valence-electron chi connectivity index (χ0n) is 10.9. The van der Waals surface area contributed by atoms with E-state index in [0.29, 0.717) is 0 Å². The SMILES string of the molecule is CCc1nc(-c2ccc(Cl)cc2)nc2c1CCNC2. The molecule has 1 aliphatic rings. The molecule has 1 aliphatic heterocycles. The average molecular weight is 274 g/mol. The van der Waals surface area contributed by atoms with E-state index < -0.39 is 0 Å². The second-order valence-electron chi connectivity index (χ2n) is 4.71. The van der Waals surface area contributed by atoms with E-state index in [-0.39, 0.29) is 0 Å². The van der Waals surface area contributed by atoms with Gasteiger partial charge in [-0.25, -0.2) is 9.97 Å². The van der Waals surface area contributed by atoms with Gasteiger partial charge in [0, 0.05) is 22.8 Å². The molecule has 0 fully saturated rings. The number of halogens is 1. The molecule has 0 saturated heterocycles. The topological polar surface area (TPSA) is 37.8 Å². The maximum atomic E-state index is 5.92. The summed E-state index contributed by atoms with van der Waals surface area (Å²) in [6.07, 6.45) is 1.98. The molecule has 2 heterocycles. The number of hydrogen-bond acceptors (Lipinski definition) is 3. The maximum absolute atomic E-state index is 5.92. The van der Waals surface area contributed by atoms with Gasteiger partial charge in [0.15, 0.2) is 5.82 Å². The first-order chi connectivity index (χ1) is 9.28. The van der Waals surface area contributed by atoms with Gasteiger partial charge in [-0.3, -0.25) is 0 Å². The van der Waals surface area contributed by atoms with E-state index in [2.05, 4.69) is 12.2 Å². The predicted molar refractivity (Wildman–Crippen MR) is 77.3 cm³/mol. The Bertz CT molecular complexity index is 576. The van der Waals surface area contributed by atoms with Gasteiger partial charge in [0.1, 0.15) is 0 Å². The monoisotopic (exact) mass is 273 g/mol. The number of aromatic nitrogens is 2. The predicted octanol–water partition coefficient (Wildman–Crippen LogP) is 3.01. The number of benzene rings is 1. The molecular weight excluding hydrogens is 258 g/mol. The van der Waals surface area contributed by atoms with E-state index in [9.17, 15) is 0 Å². The van der Waals surface area contributed by atoms with Crippen molar-refractivity contribution in [3.05, 3.63) is 46.2 Å². The van der Waals surface area contributed by atoms with Crippen molar-refractivity contribution in [1.29, 1.82) is 0 Å². The molecule has 98 valence electrons. The third-order valence-electron chi connectivity index (χ3n) is 3.46. The summed E-state index contributed by atoms with van der Waals surface area (Å²) >= 11 is 5.92. The zero-order valence-corrected chi connectivity index (χ0v) is 11.7. The van der Waals surface area contributed by atoms with E-state index in [1.54, 1.807) is 0 Å². The summed E-state index contributed by atoms with van der Waals surface area (Å²) in [6, 6.07) is 7.70. The zero-order chi connectivity index (χ0) is 13.2. The highest BCUT2D eigenvalue weighted by Crippen LogP contribution is 2.23. The fraction of sp³-hybridized carbons (Fsp3) is 0.333. The number of aryl methyl sites for hydroxylation is 1. The summed E-state index contributed by atoms with van der Waals surface area (Å²) in [6.45, 7) is 4.01. The molecule has 0 saturated carbocycles. The van der Waals surface area contributed by atoms with Crippen molar-refractivity contribution in [3.63, 3.8) is 0 Å². The Hall–Kier alpha value is -1.45. The van der Waals surface area contributed by atoms with Crippen LogP contribution in [-0.2, 0) is 19.4 Å². The molecule has 2 aromatic rings. The van der Waals surface area contributed by atoms with Gasteiger partial charge >= 0.3 is 0 Å². The lowest BCUT2D eigenvalue weighted by Crippen LogP contribution is -2.26. The molecule has 0 atom stereocenters. The van der Waals surface area contributed by atoms with Crippen molar-refractivity contribution in [1.82, 2.24) is 15.3 Å². The van der Waals surface area contributed by atoms with Crippen molar-refractivity contribution in [2.45, 2.75) is 26.3 Å². The van der Waals surface area contributed by atoms with Crippen molar-refractivity contribution in [3.8, 4) is 11.4 Å². The lowest BCUT2D eigenvalue weighted by Gasteiger charge is -2.19. The number of nitrogens with zero attached hydrogens (tertiary/aromatic N) is 2. The largest absolute Gasteiger partial charge is 0.311 e. The molecule has 3 rings (SSSR count). The molecule has 4 heteroatoms. The Morgan fingerprint density at radius 2 is 2.00 bits per heavy atom. The summed E-state index contributed by atoms with van der Waals surface area (Å²) in [5, 5.41) is 4.10. The Kier molecular flexibility index (Phi) is 3.49. The molecule has 1 N–H and O–H groups in total. The molecule has 19 heavy (non-hydrogen) atoms. The first-order valence-electron chi connectivity index (χ1n) is 6.63. The van der Waals surface area contributed by atoms with E-state index in [1.807, 2.05) is 24.3 Å². The highest BCUT2D eigenvalue weighted by Gasteiger charge is 2.16. The molecule has 0 bridgehead atoms. The first-order valence-corrected chi connectivity index (χ1v) is 7.01. The molecule has 1 aromatic heterocycles. The number of nitrogens with one attached hydrogen (secondary N) is 1. The summed E-state index contributed by atoms with van der Waals surface area (Å²) in [4.78, 5) is 9.43. The summed E-state index contributed by atoms with van der Waals surface area (Å²) < 4.78 is 0. The third-order valence-corrected chi connectivity index (χ3v) is 3.71. The molecule has 0 unspecified atom stereocenters. The van der Waals surface area contributed by atoms with Crippen molar-refractivity contribution in [2.24, 2.45) is 0 Å². The molecular formula is C15H16ClN3. The fourth-order valence-corrected chi connectivity index (χ4v) is 2.58. The third kappa shape index (κ3) is 2.48. The maximum Gasteiger partial charge on any atom is 0.159 e. The van der Waals surface area contributed by atoms with Crippen molar-refractivity contribution in [2.75, 3.05) is 6.54 Å². The van der Waals surface area contributed by atoms with Gasteiger partial charge < -0.3 is 5.32 Å². The van der Waals surface area contributed by atoms with Gasteiger partial charge in [-0.05, 0) is 49.2 Å². The quantitative estimate of drug-likeness (QED) is 0.914. The van der Waals surface area contributed by atoms with Crippen LogP contribution in [0.1, 0.15) is 23.9 Å². The van der Waals surface area contributed by atoms with Gasteiger partial charge in [-0.2, -0.15) is 0 Å². The lowest BCUT2D eigenvalue weighted by atomic mass is 10.0. The Morgan fingerprint density at radius 1 is 1.21 bits per heavy atom. The first kappa shape index (κ1) is 12.6. The number of hydrogen-bond donors (Lipinski definition) is 1. The minimum atomic E-state index is 0.735. The summed E-state index contributed by atoms with van der Waals surface area (Å²) in [5.74, 6) is 0.802. The van der Waals surface area contributed by atoms with Gasteiger partial charge in [0.2, 0.25) is 0 Å². The average Bonchev–Trinajstić information content (AvgIpc) is 2.47. The number of fused-ring (bicyclic) bond motifs is 1. The smallest absolute Gasteiger partial charge is 0.159 e.